The van der Waals surface area contributed by atoms with Crippen LogP contribution in [0, 0.1) is 0 Å². The minimum atomic E-state index is -0.901. The second kappa shape index (κ2) is 4.37. The lowest BCUT2D eigenvalue weighted by Gasteiger charge is -2.46. The van der Waals surface area contributed by atoms with Crippen molar-refractivity contribution < 1.29 is 15.0 Å². The van der Waals surface area contributed by atoms with Gasteiger partial charge in [0.1, 0.15) is 0 Å². The van der Waals surface area contributed by atoms with Crippen LogP contribution >= 0.6 is 0 Å². The van der Waals surface area contributed by atoms with E-state index in [1.807, 2.05) is 0 Å². The number of rotatable bonds is 1. The number of nitrogens with zero attached hydrogens (tertiary/aromatic N) is 2. The Morgan fingerprint density at radius 3 is 2.40 bits per heavy atom. The third-order valence-electron chi connectivity index (χ3n) is 2.83. The molecular formula is C10H20N2O3. The molecule has 0 radical (unpaired) electrons. The van der Waals surface area contributed by atoms with Gasteiger partial charge < -0.3 is 15.1 Å². The average Bonchev–Trinajstić information content (AvgIpc) is 2.15. The molecule has 0 aromatic heterocycles. The van der Waals surface area contributed by atoms with E-state index < -0.39 is 6.09 Å². The van der Waals surface area contributed by atoms with Crippen molar-refractivity contribution in [3.05, 3.63) is 0 Å². The van der Waals surface area contributed by atoms with Crippen molar-refractivity contribution in [3.8, 4) is 0 Å². The van der Waals surface area contributed by atoms with Gasteiger partial charge in [0, 0.05) is 25.2 Å². The first-order valence-corrected chi connectivity index (χ1v) is 5.21. The van der Waals surface area contributed by atoms with Gasteiger partial charge >= 0.3 is 6.09 Å². The molecule has 1 atom stereocenters. The first kappa shape index (κ1) is 12.3. The van der Waals surface area contributed by atoms with Gasteiger partial charge in [0.05, 0.1) is 12.6 Å². The molecule has 1 aliphatic heterocycles. The number of carbonyl (C=O) groups is 1. The Balaban J connectivity index is 2.69. The van der Waals surface area contributed by atoms with Crippen LogP contribution in [0.1, 0.15) is 20.8 Å². The normalized spacial score (nSPS) is 24.3. The second-order valence-corrected chi connectivity index (χ2v) is 4.93. The summed E-state index contributed by atoms with van der Waals surface area (Å²) < 4.78 is 0. The van der Waals surface area contributed by atoms with Gasteiger partial charge in [0.15, 0.2) is 0 Å². The minimum Gasteiger partial charge on any atom is -0.465 e. The zero-order valence-corrected chi connectivity index (χ0v) is 9.60. The molecule has 1 amide bonds. The lowest BCUT2D eigenvalue weighted by atomic mass is 10.0. The molecule has 0 aromatic carbocycles. The highest BCUT2D eigenvalue weighted by molar-refractivity contribution is 5.65. The number of aliphatic hydroxyl groups excluding tert-OH is 1. The molecule has 1 heterocycles. The molecule has 0 saturated carbocycles. The predicted molar refractivity (Wildman–Crippen MR) is 56.9 cm³/mol. The fraction of sp³-hybridized carbons (Fsp3) is 0.900. The van der Waals surface area contributed by atoms with Gasteiger partial charge in [-0.2, -0.15) is 0 Å². The quantitative estimate of drug-likeness (QED) is 0.667. The Bertz CT molecular complexity index is 237. The summed E-state index contributed by atoms with van der Waals surface area (Å²) >= 11 is 0. The Labute approximate surface area is 90.3 Å². The van der Waals surface area contributed by atoms with Gasteiger partial charge in [-0.1, -0.05) is 0 Å². The maximum atomic E-state index is 10.8. The van der Waals surface area contributed by atoms with Crippen LogP contribution < -0.4 is 0 Å². The highest BCUT2D eigenvalue weighted by atomic mass is 16.4. The largest absolute Gasteiger partial charge is 0.465 e. The summed E-state index contributed by atoms with van der Waals surface area (Å²) in [7, 11) is 0. The fourth-order valence-corrected chi connectivity index (χ4v) is 2.07. The van der Waals surface area contributed by atoms with Gasteiger partial charge in [-0.05, 0) is 20.8 Å². The summed E-state index contributed by atoms with van der Waals surface area (Å²) in [6.07, 6.45) is -0.901. The molecule has 88 valence electrons. The van der Waals surface area contributed by atoms with Gasteiger partial charge in [0.2, 0.25) is 0 Å². The molecule has 1 rings (SSSR count). The highest BCUT2D eigenvalue weighted by Crippen LogP contribution is 2.20. The fourth-order valence-electron chi connectivity index (χ4n) is 2.07. The second-order valence-electron chi connectivity index (χ2n) is 4.93. The van der Waals surface area contributed by atoms with Crippen molar-refractivity contribution in [2.24, 2.45) is 0 Å². The first-order chi connectivity index (χ1) is 6.86. The summed E-state index contributed by atoms with van der Waals surface area (Å²) in [6.45, 7) is 7.82. The molecule has 1 fully saturated rings. The zero-order chi connectivity index (χ0) is 11.6. The Hall–Kier alpha value is -0.810. The van der Waals surface area contributed by atoms with Gasteiger partial charge in [-0.15, -0.1) is 0 Å². The van der Waals surface area contributed by atoms with Crippen molar-refractivity contribution >= 4 is 6.09 Å². The van der Waals surface area contributed by atoms with Crippen molar-refractivity contribution in [1.29, 1.82) is 0 Å². The third kappa shape index (κ3) is 2.82. The summed E-state index contributed by atoms with van der Waals surface area (Å²) in [5.74, 6) is 0. The van der Waals surface area contributed by atoms with Crippen molar-refractivity contribution in [2.75, 3.05) is 26.2 Å². The summed E-state index contributed by atoms with van der Waals surface area (Å²) in [5.41, 5.74) is -0.0298. The molecule has 5 heteroatoms. The van der Waals surface area contributed by atoms with E-state index in [2.05, 4.69) is 25.7 Å². The number of hydrogen-bond donors (Lipinski definition) is 2. The molecule has 0 spiro atoms. The van der Waals surface area contributed by atoms with E-state index in [0.717, 1.165) is 0 Å². The molecule has 5 nitrogen and oxygen atoms in total. The standard InChI is InChI=1S/C10H20N2O3/c1-10(2,3)12-5-4-11(9(14)15)6-8(12)7-13/h8,13H,4-7H2,1-3H3,(H,14,15). The molecule has 15 heavy (non-hydrogen) atoms. The molecule has 1 aliphatic rings. The topological polar surface area (TPSA) is 64.0 Å². The molecular weight excluding hydrogens is 196 g/mol. The zero-order valence-electron chi connectivity index (χ0n) is 9.60. The van der Waals surface area contributed by atoms with Crippen LogP contribution in [0.5, 0.6) is 0 Å². The van der Waals surface area contributed by atoms with Crippen LogP contribution in [-0.2, 0) is 0 Å². The maximum Gasteiger partial charge on any atom is 0.407 e. The third-order valence-corrected chi connectivity index (χ3v) is 2.83. The number of hydrogen-bond acceptors (Lipinski definition) is 3. The first-order valence-electron chi connectivity index (χ1n) is 5.21. The SMILES string of the molecule is CC(C)(C)N1CCN(C(=O)O)CC1CO. The van der Waals surface area contributed by atoms with Crippen LogP contribution in [0.4, 0.5) is 4.79 Å². The molecule has 2 N–H and O–H groups in total. The lowest BCUT2D eigenvalue weighted by Crippen LogP contribution is -2.61. The van der Waals surface area contributed by atoms with E-state index in [1.54, 1.807) is 0 Å². The van der Waals surface area contributed by atoms with E-state index in [9.17, 15) is 9.90 Å². The summed E-state index contributed by atoms with van der Waals surface area (Å²) in [6, 6.07) is -0.0881. The van der Waals surface area contributed by atoms with Gasteiger partial charge in [0.25, 0.3) is 0 Å². The van der Waals surface area contributed by atoms with Gasteiger partial charge in [-0.3, -0.25) is 4.90 Å². The van der Waals surface area contributed by atoms with E-state index in [4.69, 9.17) is 5.11 Å². The number of carboxylic acid groups (broad SMARTS) is 1. The van der Waals surface area contributed by atoms with E-state index in [1.165, 1.54) is 4.90 Å². The molecule has 0 bridgehead atoms. The Morgan fingerprint density at radius 1 is 1.40 bits per heavy atom. The van der Waals surface area contributed by atoms with Crippen molar-refractivity contribution in [3.63, 3.8) is 0 Å². The monoisotopic (exact) mass is 216 g/mol. The van der Waals surface area contributed by atoms with E-state index >= 15 is 0 Å². The number of piperazine rings is 1. The smallest absolute Gasteiger partial charge is 0.407 e. The summed E-state index contributed by atoms with van der Waals surface area (Å²) in [4.78, 5) is 14.3. The van der Waals surface area contributed by atoms with E-state index in [0.29, 0.717) is 19.6 Å². The molecule has 1 unspecified atom stereocenters. The van der Waals surface area contributed by atoms with Gasteiger partial charge in [-0.25, -0.2) is 4.79 Å². The van der Waals surface area contributed by atoms with Crippen molar-refractivity contribution in [1.82, 2.24) is 9.80 Å². The van der Waals surface area contributed by atoms with Crippen LogP contribution in [0.3, 0.4) is 0 Å². The maximum absolute atomic E-state index is 10.8. The number of amides is 1. The Morgan fingerprint density at radius 2 is 2.00 bits per heavy atom. The predicted octanol–water partition coefficient (Wildman–Crippen LogP) is 0.441. The minimum absolute atomic E-state index is 0.00104. The average molecular weight is 216 g/mol. The van der Waals surface area contributed by atoms with Crippen molar-refractivity contribution in [2.45, 2.75) is 32.4 Å². The van der Waals surface area contributed by atoms with Crippen LogP contribution in [-0.4, -0.2) is 63.9 Å². The Kier molecular flexibility index (Phi) is 3.57. The van der Waals surface area contributed by atoms with Crippen LogP contribution in [0.2, 0.25) is 0 Å². The lowest BCUT2D eigenvalue weighted by molar-refractivity contribution is -0.00912. The number of aliphatic hydroxyl groups is 1. The van der Waals surface area contributed by atoms with Crippen LogP contribution in [0.25, 0.3) is 0 Å². The summed E-state index contributed by atoms with van der Waals surface area (Å²) in [5, 5.41) is 18.1. The molecule has 1 saturated heterocycles. The molecule has 0 aromatic rings. The van der Waals surface area contributed by atoms with Crippen LogP contribution in [0.15, 0.2) is 0 Å². The van der Waals surface area contributed by atoms with E-state index in [-0.39, 0.29) is 18.2 Å². The molecule has 0 aliphatic carbocycles. The highest BCUT2D eigenvalue weighted by Gasteiger charge is 2.34.